The standard InChI is InChI=1S/C22H18N2O3/c23-12-3-4-13-27-18-7-5-6-16(14-18)10-11-17-15-20(22(25)26)19-8-1-2-9-21(19)24-17/h1-2,5-11,14-15H,3-4,13H2,(H,25,26)/b11-10+. The summed E-state index contributed by atoms with van der Waals surface area (Å²) in [5.41, 5.74) is 2.37. The first-order chi connectivity index (χ1) is 13.2. The number of fused-ring (bicyclic) bond motifs is 1. The first-order valence-electron chi connectivity index (χ1n) is 8.58. The summed E-state index contributed by atoms with van der Waals surface area (Å²) < 4.78 is 5.63. The maximum absolute atomic E-state index is 11.5. The van der Waals surface area contributed by atoms with Crippen LogP contribution in [0.1, 0.15) is 34.5 Å². The van der Waals surface area contributed by atoms with Crippen LogP contribution >= 0.6 is 0 Å². The number of benzene rings is 2. The van der Waals surface area contributed by atoms with E-state index in [1.807, 2.05) is 36.4 Å². The molecule has 27 heavy (non-hydrogen) atoms. The number of nitriles is 1. The summed E-state index contributed by atoms with van der Waals surface area (Å²) in [5, 5.41) is 18.6. The van der Waals surface area contributed by atoms with Gasteiger partial charge in [-0.2, -0.15) is 5.26 Å². The first-order valence-corrected chi connectivity index (χ1v) is 8.58. The van der Waals surface area contributed by atoms with Crippen molar-refractivity contribution in [3.05, 3.63) is 71.4 Å². The van der Waals surface area contributed by atoms with E-state index in [-0.39, 0.29) is 5.56 Å². The van der Waals surface area contributed by atoms with Crippen molar-refractivity contribution in [2.75, 3.05) is 6.61 Å². The molecule has 0 spiro atoms. The van der Waals surface area contributed by atoms with Gasteiger partial charge in [0.05, 0.1) is 29.5 Å². The molecule has 0 unspecified atom stereocenters. The second-order valence-electron chi connectivity index (χ2n) is 5.93. The number of nitrogens with zero attached hydrogens (tertiary/aromatic N) is 2. The second kappa shape index (κ2) is 8.63. The van der Waals surface area contributed by atoms with Gasteiger partial charge in [-0.15, -0.1) is 0 Å². The van der Waals surface area contributed by atoms with E-state index in [0.29, 0.717) is 36.0 Å². The molecule has 2 aromatic carbocycles. The Labute approximate surface area is 157 Å². The molecule has 3 rings (SSSR count). The number of pyridine rings is 1. The Hall–Kier alpha value is -3.65. The molecule has 1 N–H and O–H groups in total. The zero-order valence-electron chi connectivity index (χ0n) is 14.6. The summed E-state index contributed by atoms with van der Waals surface area (Å²) in [5.74, 6) is -0.246. The monoisotopic (exact) mass is 358 g/mol. The maximum Gasteiger partial charge on any atom is 0.336 e. The highest BCUT2D eigenvalue weighted by atomic mass is 16.5. The quantitative estimate of drug-likeness (QED) is 0.614. The van der Waals surface area contributed by atoms with Gasteiger partial charge in [0.1, 0.15) is 5.75 Å². The van der Waals surface area contributed by atoms with E-state index in [0.717, 1.165) is 11.3 Å². The van der Waals surface area contributed by atoms with Gasteiger partial charge >= 0.3 is 5.97 Å². The smallest absolute Gasteiger partial charge is 0.336 e. The third-order valence-corrected chi connectivity index (χ3v) is 3.97. The normalized spacial score (nSPS) is 10.8. The van der Waals surface area contributed by atoms with Gasteiger partial charge in [0.2, 0.25) is 0 Å². The number of carboxylic acid groups (broad SMARTS) is 1. The van der Waals surface area contributed by atoms with E-state index >= 15 is 0 Å². The van der Waals surface area contributed by atoms with Crippen LogP contribution in [0.15, 0.2) is 54.6 Å². The van der Waals surface area contributed by atoms with Crippen molar-refractivity contribution in [1.82, 2.24) is 4.98 Å². The maximum atomic E-state index is 11.5. The third-order valence-electron chi connectivity index (χ3n) is 3.97. The zero-order valence-corrected chi connectivity index (χ0v) is 14.6. The molecule has 0 aliphatic carbocycles. The average Bonchev–Trinajstić information content (AvgIpc) is 2.69. The van der Waals surface area contributed by atoms with Crippen LogP contribution in [-0.2, 0) is 0 Å². The van der Waals surface area contributed by atoms with Gasteiger partial charge in [0.25, 0.3) is 0 Å². The number of carbonyl (C=O) groups is 1. The molecule has 5 heteroatoms. The second-order valence-corrected chi connectivity index (χ2v) is 5.93. The summed E-state index contributed by atoms with van der Waals surface area (Å²) in [6.45, 7) is 0.495. The molecule has 0 saturated carbocycles. The number of aromatic nitrogens is 1. The van der Waals surface area contributed by atoms with Crippen LogP contribution in [0.25, 0.3) is 23.1 Å². The number of aromatic carboxylic acids is 1. The highest BCUT2D eigenvalue weighted by Crippen LogP contribution is 2.20. The molecule has 0 bridgehead atoms. The van der Waals surface area contributed by atoms with Crippen LogP contribution in [0.5, 0.6) is 5.75 Å². The Balaban J connectivity index is 1.82. The fourth-order valence-electron chi connectivity index (χ4n) is 2.69. The van der Waals surface area contributed by atoms with Crippen LogP contribution in [0, 0.1) is 11.3 Å². The van der Waals surface area contributed by atoms with Gasteiger partial charge in [-0.3, -0.25) is 0 Å². The molecule has 5 nitrogen and oxygen atoms in total. The topological polar surface area (TPSA) is 83.2 Å². The van der Waals surface area contributed by atoms with Crippen molar-refractivity contribution in [1.29, 1.82) is 5.26 Å². The van der Waals surface area contributed by atoms with Crippen molar-refractivity contribution >= 4 is 29.0 Å². The molecule has 1 heterocycles. The molecule has 1 aromatic heterocycles. The number of carboxylic acids is 1. The number of unbranched alkanes of at least 4 members (excludes halogenated alkanes) is 1. The Morgan fingerprint density at radius 1 is 1.15 bits per heavy atom. The molecule has 0 aliphatic rings. The lowest BCUT2D eigenvalue weighted by Crippen LogP contribution is -2.00. The number of ether oxygens (including phenoxy) is 1. The third kappa shape index (κ3) is 4.71. The molecule has 134 valence electrons. The molecular formula is C22H18N2O3. The predicted octanol–water partition coefficient (Wildman–Crippen LogP) is 4.79. The van der Waals surface area contributed by atoms with Gasteiger partial charge < -0.3 is 9.84 Å². The Morgan fingerprint density at radius 3 is 2.81 bits per heavy atom. The number of para-hydroxylation sites is 1. The number of rotatable bonds is 7. The Bertz CT molecular complexity index is 1040. The molecule has 0 amide bonds. The van der Waals surface area contributed by atoms with Gasteiger partial charge in [-0.1, -0.05) is 36.4 Å². The Kier molecular flexibility index (Phi) is 5.80. The van der Waals surface area contributed by atoms with Crippen LogP contribution in [0.3, 0.4) is 0 Å². The SMILES string of the molecule is N#CCCCOc1cccc(/C=C/c2cc(C(=O)O)c3ccccc3n2)c1. The molecule has 0 saturated heterocycles. The summed E-state index contributed by atoms with van der Waals surface area (Å²) >= 11 is 0. The van der Waals surface area contributed by atoms with Crippen LogP contribution in [0.2, 0.25) is 0 Å². The zero-order chi connectivity index (χ0) is 19.1. The predicted molar refractivity (Wildman–Crippen MR) is 104 cm³/mol. The summed E-state index contributed by atoms with van der Waals surface area (Å²) in [6.07, 6.45) is 4.81. The van der Waals surface area contributed by atoms with Gasteiger partial charge in [0, 0.05) is 11.8 Å². The fraction of sp³-hybridized carbons (Fsp3) is 0.136. The molecular weight excluding hydrogens is 340 g/mol. The summed E-state index contributed by atoms with van der Waals surface area (Å²) in [6, 6.07) is 18.4. The van der Waals surface area contributed by atoms with Gasteiger partial charge in [-0.25, -0.2) is 9.78 Å². The van der Waals surface area contributed by atoms with E-state index in [9.17, 15) is 9.90 Å². The fourth-order valence-corrected chi connectivity index (χ4v) is 2.69. The first kappa shape index (κ1) is 18.2. The van der Waals surface area contributed by atoms with Crippen molar-refractivity contribution in [2.24, 2.45) is 0 Å². The van der Waals surface area contributed by atoms with Crippen LogP contribution in [0.4, 0.5) is 0 Å². The average molecular weight is 358 g/mol. The van der Waals surface area contributed by atoms with E-state index < -0.39 is 5.97 Å². The Morgan fingerprint density at radius 2 is 2.00 bits per heavy atom. The minimum atomic E-state index is -0.976. The highest BCUT2D eigenvalue weighted by molar-refractivity contribution is 6.03. The lowest BCUT2D eigenvalue weighted by Gasteiger charge is -2.06. The number of hydrogen-bond donors (Lipinski definition) is 1. The minimum Gasteiger partial charge on any atom is -0.494 e. The van der Waals surface area contributed by atoms with Crippen LogP contribution < -0.4 is 4.74 Å². The van der Waals surface area contributed by atoms with E-state index in [1.165, 1.54) is 0 Å². The van der Waals surface area contributed by atoms with Crippen molar-refractivity contribution in [3.8, 4) is 11.8 Å². The van der Waals surface area contributed by atoms with E-state index in [4.69, 9.17) is 10.00 Å². The minimum absolute atomic E-state index is 0.231. The molecule has 0 radical (unpaired) electrons. The van der Waals surface area contributed by atoms with Gasteiger partial charge in [0.15, 0.2) is 0 Å². The molecule has 3 aromatic rings. The molecule has 0 fully saturated rings. The molecule has 0 aliphatic heterocycles. The van der Waals surface area contributed by atoms with Crippen LogP contribution in [-0.4, -0.2) is 22.7 Å². The lowest BCUT2D eigenvalue weighted by atomic mass is 10.1. The van der Waals surface area contributed by atoms with Gasteiger partial charge in [-0.05, 0) is 42.3 Å². The summed E-state index contributed by atoms with van der Waals surface area (Å²) in [7, 11) is 0. The summed E-state index contributed by atoms with van der Waals surface area (Å²) in [4.78, 5) is 16.1. The van der Waals surface area contributed by atoms with E-state index in [2.05, 4.69) is 11.1 Å². The highest BCUT2D eigenvalue weighted by Gasteiger charge is 2.10. The van der Waals surface area contributed by atoms with Crippen molar-refractivity contribution in [3.63, 3.8) is 0 Å². The van der Waals surface area contributed by atoms with E-state index in [1.54, 1.807) is 30.3 Å². The largest absolute Gasteiger partial charge is 0.494 e. The number of hydrogen-bond acceptors (Lipinski definition) is 4. The molecule has 0 atom stereocenters. The van der Waals surface area contributed by atoms with Crippen molar-refractivity contribution < 1.29 is 14.6 Å². The van der Waals surface area contributed by atoms with Crippen molar-refractivity contribution in [2.45, 2.75) is 12.8 Å². The lowest BCUT2D eigenvalue weighted by molar-refractivity contribution is 0.0699.